The van der Waals surface area contributed by atoms with Gasteiger partial charge in [-0.2, -0.15) is 0 Å². The molecule has 1 atom stereocenters. The Bertz CT molecular complexity index is 835. The molecule has 0 saturated carbocycles. The third-order valence-corrected chi connectivity index (χ3v) is 4.36. The molecule has 27 heavy (non-hydrogen) atoms. The van der Waals surface area contributed by atoms with Gasteiger partial charge in [0.05, 0.1) is 20.1 Å². The van der Waals surface area contributed by atoms with Gasteiger partial charge in [-0.25, -0.2) is 0 Å². The second kappa shape index (κ2) is 8.01. The van der Waals surface area contributed by atoms with Gasteiger partial charge in [0.15, 0.2) is 11.4 Å². The molecule has 0 radical (unpaired) electrons. The molecular formula is C20H20N2O5. The Morgan fingerprint density at radius 3 is 2.37 bits per heavy atom. The fourth-order valence-corrected chi connectivity index (χ4v) is 2.70. The molecule has 0 aromatic heterocycles. The largest absolute Gasteiger partial charge is 0.497 e. The van der Waals surface area contributed by atoms with Gasteiger partial charge in [0.25, 0.3) is 5.91 Å². The van der Waals surface area contributed by atoms with Crippen molar-refractivity contribution >= 4 is 17.7 Å². The lowest BCUT2D eigenvalue weighted by molar-refractivity contribution is -0.152. The molecule has 7 nitrogen and oxygen atoms in total. The van der Waals surface area contributed by atoms with Gasteiger partial charge in [-0.1, -0.05) is 30.3 Å². The molecule has 1 fully saturated rings. The van der Waals surface area contributed by atoms with Crippen molar-refractivity contribution < 1.29 is 23.9 Å². The average Bonchev–Trinajstić information content (AvgIpc) is 2.71. The van der Waals surface area contributed by atoms with Crippen molar-refractivity contribution in [1.29, 1.82) is 0 Å². The molecule has 2 aromatic rings. The molecule has 1 unspecified atom stereocenters. The van der Waals surface area contributed by atoms with Crippen molar-refractivity contribution in [2.45, 2.75) is 18.7 Å². The highest BCUT2D eigenvalue weighted by Crippen LogP contribution is 2.19. The molecule has 1 amide bonds. The van der Waals surface area contributed by atoms with Gasteiger partial charge in [-0.05, 0) is 29.8 Å². The molecule has 0 bridgehead atoms. The van der Waals surface area contributed by atoms with E-state index in [2.05, 4.69) is 10.6 Å². The zero-order valence-electron chi connectivity index (χ0n) is 14.9. The van der Waals surface area contributed by atoms with Crippen molar-refractivity contribution in [3.63, 3.8) is 0 Å². The molecule has 1 aliphatic heterocycles. The number of carbonyl (C=O) groups excluding carboxylic acids is 3. The molecule has 0 aliphatic carbocycles. The molecule has 140 valence electrons. The summed E-state index contributed by atoms with van der Waals surface area (Å²) in [5, 5.41) is 5.48. The number of hydrogen-bond acceptors (Lipinski definition) is 6. The predicted octanol–water partition coefficient (Wildman–Crippen LogP) is 1.43. The number of amides is 1. The summed E-state index contributed by atoms with van der Waals surface area (Å²) in [5.74, 6) is -0.566. The first kappa shape index (κ1) is 18.6. The van der Waals surface area contributed by atoms with Crippen LogP contribution in [-0.2, 0) is 20.9 Å². The summed E-state index contributed by atoms with van der Waals surface area (Å²) in [6.45, 7) is 0.167. The normalized spacial score (nSPS) is 18.3. The maximum atomic E-state index is 12.4. The Morgan fingerprint density at radius 1 is 1.11 bits per heavy atom. The number of ketones is 1. The quantitative estimate of drug-likeness (QED) is 0.718. The second-order valence-corrected chi connectivity index (χ2v) is 6.19. The van der Waals surface area contributed by atoms with Gasteiger partial charge in [0.1, 0.15) is 12.4 Å². The number of hydrogen-bond donors (Lipinski definition) is 2. The van der Waals surface area contributed by atoms with E-state index in [4.69, 9.17) is 9.47 Å². The standard InChI is InChI=1S/C20H20N2O5/c1-26-16-9-7-14(8-10-16)13-27-18(24)11-20(17(23)12-21-20)22-19(25)15-5-3-2-4-6-15/h2-10,21H,11-13H2,1H3,(H,22,25). The van der Waals surface area contributed by atoms with E-state index in [-0.39, 0.29) is 25.4 Å². The summed E-state index contributed by atoms with van der Waals surface area (Å²) >= 11 is 0. The van der Waals surface area contributed by atoms with Gasteiger partial charge in [-0.15, -0.1) is 0 Å². The van der Waals surface area contributed by atoms with Gasteiger partial charge >= 0.3 is 5.97 Å². The zero-order valence-corrected chi connectivity index (χ0v) is 14.9. The number of esters is 1. The highest BCUT2D eigenvalue weighted by atomic mass is 16.5. The van der Waals surface area contributed by atoms with Crippen LogP contribution in [0.25, 0.3) is 0 Å². The fraction of sp³-hybridized carbons (Fsp3) is 0.250. The van der Waals surface area contributed by atoms with E-state index in [1.165, 1.54) is 0 Å². The number of methoxy groups -OCH3 is 1. The first-order chi connectivity index (χ1) is 13.0. The molecule has 7 heteroatoms. The van der Waals surface area contributed by atoms with E-state index in [1.54, 1.807) is 61.7 Å². The van der Waals surface area contributed by atoms with E-state index in [1.807, 2.05) is 0 Å². The maximum absolute atomic E-state index is 12.4. The van der Waals surface area contributed by atoms with Crippen LogP contribution in [-0.4, -0.2) is 37.0 Å². The van der Waals surface area contributed by atoms with Crippen LogP contribution < -0.4 is 15.4 Å². The van der Waals surface area contributed by atoms with Gasteiger partial charge in [-0.3, -0.25) is 19.7 Å². The zero-order chi connectivity index (χ0) is 19.3. The Balaban J connectivity index is 1.59. The number of carbonyl (C=O) groups is 3. The molecule has 1 saturated heterocycles. The van der Waals surface area contributed by atoms with Crippen LogP contribution in [0.4, 0.5) is 0 Å². The monoisotopic (exact) mass is 368 g/mol. The highest BCUT2D eigenvalue weighted by Gasteiger charge is 2.49. The van der Waals surface area contributed by atoms with Crippen LogP contribution in [0.15, 0.2) is 54.6 Å². The van der Waals surface area contributed by atoms with Gasteiger partial charge in [0.2, 0.25) is 0 Å². The number of nitrogens with one attached hydrogen (secondary N) is 2. The Morgan fingerprint density at radius 2 is 1.81 bits per heavy atom. The van der Waals surface area contributed by atoms with Crippen molar-refractivity contribution in [1.82, 2.24) is 10.6 Å². The number of ether oxygens (including phenoxy) is 2. The molecular weight excluding hydrogens is 348 g/mol. The maximum Gasteiger partial charge on any atom is 0.310 e. The Hall–Kier alpha value is -3.19. The van der Waals surface area contributed by atoms with E-state index >= 15 is 0 Å². The summed E-state index contributed by atoms with van der Waals surface area (Å²) in [7, 11) is 1.57. The van der Waals surface area contributed by atoms with E-state index < -0.39 is 17.5 Å². The predicted molar refractivity (Wildman–Crippen MR) is 97.1 cm³/mol. The van der Waals surface area contributed by atoms with Gasteiger partial charge < -0.3 is 14.8 Å². The highest BCUT2D eigenvalue weighted by molar-refractivity contribution is 6.04. The number of benzene rings is 2. The summed E-state index contributed by atoms with van der Waals surface area (Å²) < 4.78 is 10.3. The minimum Gasteiger partial charge on any atom is -0.497 e. The number of Topliss-reactive ketones (excluding diaryl/α,β-unsaturated/α-hetero) is 1. The summed E-state index contributed by atoms with van der Waals surface area (Å²) in [6, 6.07) is 15.6. The summed E-state index contributed by atoms with van der Waals surface area (Å²) in [6.07, 6.45) is -0.277. The average molecular weight is 368 g/mol. The lowest BCUT2D eigenvalue weighted by Gasteiger charge is -2.40. The van der Waals surface area contributed by atoms with Crippen molar-refractivity contribution in [3.05, 3.63) is 65.7 Å². The Labute approximate surface area is 156 Å². The SMILES string of the molecule is COc1ccc(COC(=O)CC2(NC(=O)c3ccccc3)NCC2=O)cc1. The van der Waals surface area contributed by atoms with Crippen LogP contribution in [0.5, 0.6) is 5.75 Å². The van der Waals surface area contributed by atoms with Crippen molar-refractivity contribution in [3.8, 4) is 5.75 Å². The third kappa shape index (κ3) is 4.32. The lowest BCUT2D eigenvalue weighted by atomic mass is 9.92. The third-order valence-electron chi connectivity index (χ3n) is 4.36. The van der Waals surface area contributed by atoms with Crippen LogP contribution in [0.3, 0.4) is 0 Å². The van der Waals surface area contributed by atoms with Crippen LogP contribution in [0.2, 0.25) is 0 Å². The first-order valence-corrected chi connectivity index (χ1v) is 8.47. The topological polar surface area (TPSA) is 93.7 Å². The molecule has 3 rings (SSSR count). The molecule has 2 aromatic carbocycles. The minimum atomic E-state index is -1.41. The van der Waals surface area contributed by atoms with E-state index in [0.717, 1.165) is 5.56 Å². The van der Waals surface area contributed by atoms with Crippen molar-refractivity contribution in [2.75, 3.05) is 13.7 Å². The van der Waals surface area contributed by atoms with E-state index in [0.29, 0.717) is 11.3 Å². The van der Waals surface area contributed by atoms with Crippen LogP contribution in [0.1, 0.15) is 22.3 Å². The molecule has 1 aliphatic rings. The van der Waals surface area contributed by atoms with Gasteiger partial charge in [0, 0.05) is 5.56 Å². The minimum absolute atomic E-state index is 0.0692. The van der Waals surface area contributed by atoms with E-state index in [9.17, 15) is 14.4 Å². The fourth-order valence-electron chi connectivity index (χ4n) is 2.70. The Kier molecular flexibility index (Phi) is 5.52. The molecule has 1 heterocycles. The molecule has 2 N–H and O–H groups in total. The smallest absolute Gasteiger partial charge is 0.310 e. The summed E-state index contributed by atoms with van der Waals surface area (Å²) in [5.41, 5.74) is -0.214. The summed E-state index contributed by atoms with van der Waals surface area (Å²) in [4.78, 5) is 36.7. The lowest BCUT2D eigenvalue weighted by Crippen LogP contribution is -2.75. The number of rotatable bonds is 7. The van der Waals surface area contributed by atoms with Crippen molar-refractivity contribution in [2.24, 2.45) is 0 Å². The second-order valence-electron chi connectivity index (χ2n) is 6.19. The molecule has 0 spiro atoms. The van der Waals surface area contributed by atoms with Crippen LogP contribution in [0, 0.1) is 0 Å². The van der Waals surface area contributed by atoms with Crippen LogP contribution >= 0.6 is 0 Å². The first-order valence-electron chi connectivity index (χ1n) is 8.47.